The lowest BCUT2D eigenvalue weighted by Gasteiger charge is -2.12. The average Bonchev–Trinajstić information content (AvgIpc) is 2.54. The first-order valence-corrected chi connectivity index (χ1v) is 10.2. The molecule has 3 aromatic rings. The van der Waals surface area contributed by atoms with Crippen molar-refractivity contribution in [1.82, 2.24) is 0 Å². The molecule has 0 unspecified atom stereocenters. The molecule has 0 amide bonds. The van der Waals surface area contributed by atoms with Gasteiger partial charge in [0.15, 0.2) is 11.5 Å². The van der Waals surface area contributed by atoms with Crippen LogP contribution in [0, 0.1) is 0 Å². The van der Waals surface area contributed by atoms with Gasteiger partial charge in [0.25, 0.3) is 0 Å². The molecule has 0 saturated carbocycles. The third kappa shape index (κ3) is 4.38. The summed E-state index contributed by atoms with van der Waals surface area (Å²) >= 11 is 0. The van der Waals surface area contributed by atoms with Crippen LogP contribution in [0.1, 0.15) is 0 Å². The molecule has 0 atom stereocenters. The molecule has 5 N–H and O–H groups in total. The maximum atomic E-state index is 12.9. The topological polar surface area (TPSA) is 218 Å². The number of benzene rings is 2. The number of hydrogen-bond donors (Lipinski definition) is 5. The van der Waals surface area contributed by atoms with E-state index in [0.717, 1.165) is 24.3 Å². The lowest BCUT2D eigenvalue weighted by molar-refractivity contribution is 0.377. The monoisotopic (exact) mass is 462 g/mol. The van der Waals surface area contributed by atoms with Gasteiger partial charge in [0.1, 0.15) is 28.2 Å². The third-order valence-corrected chi connectivity index (χ3v) is 4.28. The average molecular weight is 462 g/mol. The Kier molecular flexibility index (Phi) is 4.99. The fraction of sp³-hybridized carbons (Fsp3) is 0. The summed E-state index contributed by atoms with van der Waals surface area (Å²) < 4.78 is 76.2. The Bertz CT molecular complexity index is 1440. The van der Waals surface area contributed by atoms with Crippen molar-refractivity contribution in [2.24, 2.45) is 0 Å². The van der Waals surface area contributed by atoms with Gasteiger partial charge in [-0.2, -0.15) is 16.8 Å². The van der Waals surface area contributed by atoms with Gasteiger partial charge >= 0.3 is 20.8 Å². The lowest BCUT2D eigenvalue weighted by atomic mass is 10.1. The highest BCUT2D eigenvalue weighted by Crippen LogP contribution is 2.40. The molecule has 0 saturated heterocycles. The maximum absolute atomic E-state index is 12.9. The molecule has 1 aromatic heterocycles. The van der Waals surface area contributed by atoms with Gasteiger partial charge in [-0.25, -0.2) is 0 Å². The number of phenols is 3. The quantitative estimate of drug-likeness (QED) is 0.334. The van der Waals surface area contributed by atoms with Gasteiger partial charge < -0.3 is 28.1 Å². The minimum Gasteiger partial charge on any atom is -0.508 e. The lowest BCUT2D eigenvalue weighted by Crippen LogP contribution is -2.17. The van der Waals surface area contributed by atoms with Crippen LogP contribution in [0.3, 0.4) is 0 Å². The molecule has 0 aliphatic rings. The van der Waals surface area contributed by atoms with E-state index in [-0.39, 0.29) is 5.56 Å². The first-order valence-electron chi connectivity index (χ1n) is 7.45. The number of rotatable bonds is 5. The summed E-state index contributed by atoms with van der Waals surface area (Å²) in [6, 6.07) is 4.26. The summed E-state index contributed by atoms with van der Waals surface area (Å²) in [7, 11) is -10.5. The second-order valence-corrected chi connectivity index (χ2v) is 7.67. The summed E-state index contributed by atoms with van der Waals surface area (Å²) in [5.41, 5.74) is -2.38. The van der Waals surface area contributed by atoms with E-state index in [1.165, 1.54) is 0 Å². The van der Waals surface area contributed by atoms with E-state index in [0.29, 0.717) is 6.07 Å². The van der Waals surface area contributed by atoms with Gasteiger partial charge in [0, 0.05) is 18.2 Å². The van der Waals surface area contributed by atoms with Crippen molar-refractivity contribution < 1.29 is 54.0 Å². The molecule has 3 rings (SSSR count). The van der Waals surface area contributed by atoms with Crippen molar-refractivity contribution in [1.29, 1.82) is 0 Å². The minimum atomic E-state index is -5.32. The van der Waals surface area contributed by atoms with E-state index in [1.54, 1.807) is 0 Å². The molecular formula is C15H10O13S2. The molecule has 0 spiro atoms. The molecule has 30 heavy (non-hydrogen) atoms. The minimum absolute atomic E-state index is 0.383. The summed E-state index contributed by atoms with van der Waals surface area (Å²) in [6.07, 6.45) is 0. The number of aromatic hydroxyl groups is 3. The zero-order valence-electron chi connectivity index (χ0n) is 14.2. The third-order valence-electron chi connectivity index (χ3n) is 3.51. The van der Waals surface area contributed by atoms with Crippen LogP contribution in [-0.4, -0.2) is 41.3 Å². The molecule has 1 heterocycles. The van der Waals surface area contributed by atoms with Gasteiger partial charge in [0.05, 0.1) is 5.56 Å². The van der Waals surface area contributed by atoms with Crippen LogP contribution in [0.4, 0.5) is 0 Å². The van der Waals surface area contributed by atoms with Crippen LogP contribution in [0.25, 0.3) is 22.3 Å². The summed E-state index contributed by atoms with van der Waals surface area (Å²) in [6.45, 7) is 0. The van der Waals surface area contributed by atoms with Gasteiger partial charge in [-0.05, 0) is 12.1 Å². The molecule has 0 radical (unpaired) electrons. The normalized spacial score (nSPS) is 12.1. The maximum Gasteiger partial charge on any atom is 0.446 e. The Morgan fingerprint density at radius 1 is 0.833 bits per heavy atom. The van der Waals surface area contributed by atoms with Crippen molar-refractivity contribution in [2.75, 3.05) is 0 Å². The van der Waals surface area contributed by atoms with Crippen LogP contribution in [0.5, 0.6) is 28.7 Å². The van der Waals surface area contributed by atoms with Crippen molar-refractivity contribution in [3.05, 3.63) is 40.6 Å². The van der Waals surface area contributed by atoms with E-state index in [2.05, 4.69) is 8.37 Å². The largest absolute Gasteiger partial charge is 0.508 e. The predicted octanol–water partition coefficient (Wildman–Crippen LogP) is 0.940. The van der Waals surface area contributed by atoms with Crippen molar-refractivity contribution in [3.8, 4) is 40.1 Å². The van der Waals surface area contributed by atoms with Gasteiger partial charge in [0.2, 0.25) is 11.2 Å². The summed E-state index contributed by atoms with van der Waals surface area (Å²) in [5, 5.41) is 28.4. The summed E-state index contributed by atoms with van der Waals surface area (Å²) in [5.74, 6) is -4.75. The van der Waals surface area contributed by atoms with Crippen LogP contribution >= 0.6 is 0 Å². The van der Waals surface area contributed by atoms with Crippen LogP contribution in [0.15, 0.2) is 39.5 Å². The van der Waals surface area contributed by atoms with Crippen LogP contribution < -0.4 is 13.8 Å². The van der Waals surface area contributed by atoms with Gasteiger partial charge in [-0.15, -0.1) is 0 Å². The fourth-order valence-electron chi connectivity index (χ4n) is 2.50. The molecular weight excluding hydrogens is 452 g/mol. The number of phenolic OH excluding ortho intramolecular Hbond substituents is 3. The van der Waals surface area contributed by atoms with E-state index >= 15 is 0 Å². The molecule has 0 fully saturated rings. The van der Waals surface area contributed by atoms with Crippen molar-refractivity contribution >= 4 is 31.8 Å². The Hall–Kier alpha value is -3.53. The standard InChI is InChI=1S/C15H10O13S2/c16-6-1-2-8(9(18)3-6)14-15(28-30(23,24)25)13(19)12-10(26-14)4-7(17)5-11(12)27-29(20,21)22/h1-5,16-18H,(H,20,21,22)(H,23,24,25). The predicted molar refractivity (Wildman–Crippen MR) is 97.3 cm³/mol. The van der Waals surface area contributed by atoms with Crippen molar-refractivity contribution in [3.63, 3.8) is 0 Å². The van der Waals surface area contributed by atoms with E-state index < -0.39 is 71.7 Å². The SMILES string of the molecule is O=c1c(OS(=O)(=O)O)c(-c2ccc(O)cc2O)oc2cc(O)cc(OS(=O)(=O)O)c12. The van der Waals surface area contributed by atoms with Gasteiger partial charge in [-0.1, -0.05) is 0 Å². The van der Waals surface area contributed by atoms with Crippen LogP contribution in [-0.2, 0) is 20.8 Å². The fourth-order valence-corrected chi connectivity index (χ4v) is 3.22. The molecule has 0 bridgehead atoms. The molecule has 0 aliphatic carbocycles. The van der Waals surface area contributed by atoms with Gasteiger partial charge in [-0.3, -0.25) is 13.9 Å². The molecule has 160 valence electrons. The number of fused-ring (bicyclic) bond motifs is 1. The first kappa shape index (κ1) is 21.2. The second-order valence-electron chi connectivity index (χ2n) is 5.63. The first-order chi connectivity index (χ1) is 13.7. The Balaban J connectivity index is 2.48. The van der Waals surface area contributed by atoms with E-state index in [9.17, 15) is 36.9 Å². The zero-order valence-corrected chi connectivity index (χ0v) is 15.8. The number of hydrogen-bond acceptors (Lipinski definition) is 11. The summed E-state index contributed by atoms with van der Waals surface area (Å²) in [4.78, 5) is 12.9. The van der Waals surface area contributed by atoms with E-state index in [4.69, 9.17) is 13.5 Å². The Labute approximate surface area is 166 Å². The zero-order chi connectivity index (χ0) is 22.4. The molecule has 0 aliphatic heterocycles. The molecule has 15 heteroatoms. The van der Waals surface area contributed by atoms with Crippen LogP contribution in [0.2, 0.25) is 0 Å². The van der Waals surface area contributed by atoms with E-state index in [1.807, 2.05) is 0 Å². The van der Waals surface area contributed by atoms with Crippen molar-refractivity contribution in [2.45, 2.75) is 0 Å². The molecule has 2 aromatic carbocycles. The Morgan fingerprint density at radius 2 is 1.47 bits per heavy atom. The second kappa shape index (κ2) is 7.06. The smallest absolute Gasteiger partial charge is 0.446 e. The highest BCUT2D eigenvalue weighted by molar-refractivity contribution is 7.81. The Morgan fingerprint density at radius 3 is 2.03 bits per heavy atom. The molecule has 13 nitrogen and oxygen atoms in total. The highest BCUT2D eigenvalue weighted by Gasteiger charge is 2.27. The highest BCUT2D eigenvalue weighted by atomic mass is 32.3.